The lowest BCUT2D eigenvalue weighted by molar-refractivity contribution is -0.114. The van der Waals surface area contributed by atoms with Crippen LogP contribution in [0, 0.1) is 19.7 Å². The lowest BCUT2D eigenvalue weighted by atomic mass is 10.1. The summed E-state index contributed by atoms with van der Waals surface area (Å²) in [5.41, 5.74) is 1.89. The molecule has 150 valence electrons. The highest BCUT2D eigenvalue weighted by molar-refractivity contribution is 7.18. The van der Waals surface area contributed by atoms with Crippen molar-refractivity contribution < 1.29 is 23.5 Å². The standard InChI is InChI=1S/C19H22FN3O4S/c1-5-27-19(26)15-11(3)16(17(25)21-4)28-18(15)23-14(24)9-22-13-7-6-12(20)8-10(13)2/h6-8,22H,5,9H2,1-4H3,(H,21,25)(H,23,24). The number of hydrogen-bond acceptors (Lipinski definition) is 6. The minimum Gasteiger partial charge on any atom is -0.462 e. The molecule has 0 radical (unpaired) electrons. The van der Waals surface area contributed by atoms with Crippen molar-refractivity contribution in [3.63, 3.8) is 0 Å². The predicted octanol–water partition coefficient (Wildman–Crippen LogP) is 3.09. The molecule has 0 spiro atoms. The molecule has 0 bridgehead atoms. The van der Waals surface area contributed by atoms with E-state index in [1.54, 1.807) is 26.8 Å². The molecule has 1 heterocycles. The van der Waals surface area contributed by atoms with Crippen molar-refractivity contribution in [2.75, 3.05) is 30.8 Å². The molecule has 7 nitrogen and oxygen atoms in total. The molecule has 3 N–H and O–H groups in total. The largest absolute Gasteiger partial charge is 0.462 e. The molecule has 0 saturated heterocycles. The van der Waals surface area contributed by atoms with Gasteiger partial charge in [-0.2, -0.15) is 0 Å². The molecule has 0 fully saturated rings. The van der Waals surface area contributed by atoms with Gasteiger partial charge in [-0.25, -0.2) is 9.18 Å². The Balaban J connectivity index is 2.20. The van der Waals surface area contributed by atoms with E-state index in [4.69, 9.17) is 4.74 Å². The van der Waals surface area contributed by atoms with Crippen LogP contribution in [0.15, 0.2) is 18.2 Å². The highest BCUT2D eigenvalue weighted by atomic mass is 32.1. The summed E-state index contributed by atoms with van der Waals surface area (Å²) in [6.45, 7) is 5.10. The number of esters is 1. The zero-order valence-electron chi connectivity index (χ0n) is 16.1. The van der Waals surface area contributed by atoms with E-state index in [1.165, 1.54) is 19.2 Å². The molecule has 0 aliphatic heterocycles. The Morgan fingerprint density at radius 2 is 1.93 bits per heavy atom. The lowest BCUT2D eigenvalue weighted by Crippen LogP contribution is -2.23. The summed E-state index contributed by atoms with van der Waals surface area (Å²) in [6, 6.07) is 4.20. The minimum absolute atomic E-state index is 0.0962. The van der Waals surface area contributed by atoms with Crippen molar-refractivity contribution in [2.45, 2.75) is 20.8 Å². The molecule has 0 aliphatic carbocycles. The topological polar surface area (TPSA) is 96.5 Å². The number of carbonyl (C=O) groups is 3. The highest BCUT2D eigenvalue weighted by Crippen LogP contribution is 2.33. The molecule has 0 saturated carbocycles. The van der Waals surface area contributed by atoms with Crippen LogP contribution in [0.3, 0.4) is 0 Å². The molecular formula is C19H22FN3O4S. The summed E-state index contributed by atoms with van der Waals surface area (Å²) in [6.07, 6.45) is 0. The monoisotopic (exact) mass is 407 g/mol. The average molecular weight is 407 g/mol. The summed E-state index contributed by atoms with van der Waals surface area (Å²) in [5, 5.41) is 8.33. The van der Waals surface area contributed by atoms with E-state index in [2.05, 4.69) is 16.0 Å². The maximum Gasteiger partial charge on any atom is 0.341 e. The molecular weight excluding hydrogens is 385 g/mol. The molecule has 0 unspecified atom stereocenters. The number of aryl methyl sites for hydroxylation is 1. The first-order chi connectivity index (χ1) is 13.3. The third-order valence-electron chi connectivity index (χ3n) is 3.94. The number of amides is 2. The van der Waals surface area contributed by atoms with Gasteiger partial charge < -0.3 is 20.7 Å². The van der Waals surface area contributed by atoms with Gasteiger partial charge in [-0.15, -0.1) is 11.3 Å². The number of anilines is 2. The number of nitrogens with one attached hydrogen (secondary N) is 3. The van der Waals surface area contributed by atoms with Gasteiger partial charge in [0, 0.05) is 12.7 Å². The summed E-state index contributed by atoms with van der Waals surface area (Å²) in [7, 11) is 1.48. The number of carbonyl (C=O) groups excluding carboxylic acids is 3. The number of hydrogen-bond donors (Lipinski definition) is 3. The normalized spacial score (nSPS) is 10.3. The van der Waals surface area contributed by atoms with Gasteiger partial charge in [0.15, 0.2) is 0 Å². The van der Waals surface area contributed by atoms with Gasteiger partial charge in [0.25, 0.3) is 5.91 Å². The predicted molar refractivity (Wildman–Crippen MR) is 107 cm³/mol. The Morgan fingerprint density at radius 1 is 1.21 bits per heavy atom. The second-order valence-electron chi connectivity index (χ2n) is 5.92. The van der Waals surface area contributed by atoms with Crippen LogP contribution in [0.5, 0.6) is 0 Å². The quantitative estimate of drug-likeness (QED) is 0.613. The first-order valence-corrected chi connectivity index (χ1v) is 9.42. The van der Waals surface area contributed by atoms with Crippen LogP contribution in [0.25, 0.3) is 0 Å². The number of rotatable bonds is 7. The Morgan fingerprint density at radius 3 is 2.54 bits per heavy atom. The number of thiophene rings is 1. The molecule has 0 atom stereocenters. The summed E-state index contributed by atoms with van der Waals surface area (Å²) >= 11 is 1.01. The first-order valence-electron chi connectivity index (χ1n) is 8.60. The van der Waals surface area contributed by atoms with Crippen LogP contribution in [-0.4, -0.2) is 38.0 Å². The Hall–Kier alpha value is -2.94. The van der Waals surface area contributed by atoms with Gasteiger partial charge >= 0.3 is 5.97 Å². The van der Waals surface area contributed by atoms with Crippen molar-refractivity contribution in [1.82, 2.24) is 5.32 Å². The van der Waals surface area contributed by atoms with Crippen LogP contribution in [0.1, 0.15) is 38.1 Å². The van der Waals surface area contributed by atoms with E-state index in [0.717, 1.165) is 11.3 Å². The van der Waals surface area contributed by atoms with Crippen molar-refractivity contribution in [3.05, 3.63) is 45.6 Å². The minimum atomic E-state index is -0.607. The summed E-state index contributed by atoms with van der Waals surface area (Å²) in [4.78, 5) is 37.0. The van der Waals surface area contributed by atoms with Crippen LogP contribution in [0.4, 0.5) is 15.1 Å². The fourth-order valence-corrected chi connectivity index (χ4v) is 3.71. The Kier molecular flexibility index (Phi) is 7.11. The van der Waals surface area contributed by atoms with Crippen molar-refractivity contribution in [3.8, 4) is 0 Å². The molecule has 2 rings (SSSR count). The highest BCUT2D eigenvalue weighted by Gasteiger charge is 2.26. The zero-order chi connectivity index (χ0) is 20.8. The Labute approximate surface area is 166 Å². The third kappa shape index (κ3) is 4.86. The van der Waals surface area contributed by atoms with Crippen LogP contribution >= 0.6 is 11.3 Å². The van der Waals surface area contributed by atoms with Crippen molar-refractivity contribution >= 4 is 39.8 Å². The maximum absolute atomic E-state index is 13.2. The SMILES string of the molecule is CCOC(=O)c1c(NC(=O)CNc2ccc(F)cc2C)sc(C(=O)NC)c1C. The van der Waals surface area contributed by atoms with E-state index < -0.39 is 11.9 Å². The molecule has 1 aromatic carbocycles. The molecule has 2 amide bonds. The number of benzene rings is 1. The van der Waals surface area contributed by atoms with E-state index >= 15 is 0 Å². The van der Waals surface area contributed by atoms with Crippen molar-refractivity contribution in [1.29, 1.82) is 0 Å². The number of halogens is 1. The van der Waals surface area contributed by atoms with Crippen LogP contribution in [-0.2, 0) is 9.53 Å². The maximum atomic E-state index is 13.2. The first kappa shape index (κ1) is 21.4. The fourth-order valence-electron chi connectivity index (χ4n) is 2.55. The van der Waals surface area contributed by atoms with E-state index in [1.807, 2.05) is 0 Å². The fraction of sp³-hybridized carbons (Fsp3) is 0.316. The molecule has 1 aromatic heterocycles. The van der Waals surface area contributed by atoms with Gasteiger partial charge in [0.2, 0.25) is 5.91 Å². The molecule has 2 aromatic rings. The van der Waals surface area contributed by atoms with Gasteiger partial charge in [-0.05, 0) is 50.1 Å². The Bertz CT molecular complexity index is 911. The van der Waals surface area contributed by atoms with E-state index in [0.29, 0.717) is 21.7 Å². The summed E-state index contributed by atoms with van der Waals surface area (Å²) < 4.78 is 18.2. The van der Waals surface area contributed by atoms with Gasteiger partial charge in [-0.1, -0.05) is 0 Å². The molecule has 28 heavy (non-hydrogen) atoms. The molecule has 0 aliphatic rings. The lowest BCUT2D eigenvalue weighted by Gasteiger charge is -2.10. The van der Waals surface area contributed by atoms with E-state index in [9.17, 15) is 18.8 Å². The van der Waals surface area contributed by atoms with E-state index in [-0.39, 0.29) is 35.4 Å². The second kappa shape index (κ2) is 9.32. The van der Waals surface area contributed by atoms with Gasteiger partial charge in [-0.3, -0.25) is 9.59 Å². The second-order valence-corrected chi connectivity index (χ2v) is 6.94. The zero-order valence-corrected chi connectivity index (χ0v) is 16.9. The summed E-state index contributed by atoms with van der Waals surface area (Å²) in [5.74, 6) is -1.74. The van der Waals surface area contributed by atoms with Crippen LogP contribution < -0.4 is 16.0 Å². The van der Waals surface area contributed by atoms with Crippen molar-refractivity contribution in [2.24, 2.45) is 0 Å². The smallest absolute Gasteiger partial charge is 0.341 e. The van der Waals surface area contributed by atoms with Crippen LogP contribution in [0.2, 0.25) is 0 Å². The number of ether oxygens (including phenoxy) is 1. The molecule has 9 heteroatoms. The van der Waals surface area contributed by atoms with Gasteiger partial charge in [0.05, 0.1) is 23.6 Å². The third-order valence-corrected chi connectivity index (χ3v) is 5.15. The average Bonchev–Trinajstić information content (AvgIpc) is 2.96. The van der Waals surface area contributed by atoms with Gasteiger partial charge in [0.1, 0.15) is 10.8 Å².